The highest BCUT2D eigenvalue weighted by atomic mass is 31.2. The minimum atomic E-state index is -4.73. The van der Waals surface area contributed by atoms with Gasteiger partial charge in [-0.3, -0.25) is 29.0 Å². The molecule has 0 bridgehead atoms. The molecule has 0 aliphatic heterocycles. The summed E-state index contributed by atoms with van der Waals surface area (Å²) in [6.45, 7) is 1.21. The fourth-order valence-corrected chi connectivity index (χ4v) is 3.47. The molecule has 0 aliphatic rings. The smallest absolute Gasteiger partial charge is 0.481 e. The summed E-state index contributed by atoms with van der Waals surface area (Å²) >= 11 is 0. The topological polar surface area (TPSA) is 191 Å². The Balaban J connectivity index is 2.15. The largest absolute Gasteiger partial charge is 0.524 e. The number of aliphatic carboxylic acids is 1. The number of hydrogen-bond donors (Lipinski definition) is 6. The first-order valence-corrected chi connectivity index (χ1v) is 12.0. The minimum Gasteiger partial charge on any atom is -0.481 e. The van der Waals surface area contributed by atoms with Crippen LogP contribution in [0.4, 0.5) is 5.69 Å². The van der Waals surface area contributed by atoms with Gasteiger partial charge in [0.15, 0.2) is 0 Å². The number of anilines is 1. The molecule has 12 nitrogen and oxygen atoms in total. The third kappa shape index (κ3) is 10.4. The number of amides is 3. The zero-order valence-electron chi connectivity index (χ0n) is 18.7. The lowest BCUT2D eigenvalue weighted by Crippen LogP contribution is -2.53. The van der Waals surface area contributed by atoms with E-state index >= 15 is 0 Å². The van der Waals surface area contributed by atoms with Gasteiger partial charge in [-0.25, -0.2) is 4.57 Å². The van der Waals surface area contributed by atoms with Gasteiger partial charge in [0.25, 0.3) is 0 Å². The van der Waals surface area contributed by atoms with Gasteiger partial charge in [0.05, 0.1) is 0 Å². The van der Waals surface area contributed by atoms with Gasteiger partial charge in [-0.2, -0.15) is 0 Å². The Labute approximate surface area is 200 Å². The van der Waals surface area contributed by atoms with Gasteiger partial charge in [0, 0.05) is 25.5 Å². The van der Waals surface area contributed by atoms with Crippen molar-refractivity contribution < 1.29 is 43.2 Å². The number of benzene rings is 2. The highest BCUT2D eigenvalue weighted by molar-refractivity contribution is 7.46. The van der Waals surface area contributed by atoms with Crippen molar-refractivity contribution in [3.8, 4) is 5.75 Å². The predicted octanol–water partition coefficient (Wildman–Crippen LogP) is 1.19. The number of carboxylic acids is 1. The Kier molecular flexibility index (Phi) is 9.95. The molecule has 0 radical (unpaired) electrons. The average molecular weight is 507 g/mol. The van der Waals surface area contributed by atoms with E-state index in [2.05, 4.69) is 20.5 Å². The Morgan fingerprint density at radius 1 is 0.914 bits per heavy atom. The maximum Gasteiger partial charge on any atom is 0.524 e. The Hall–Kier alpha value is -3.73. The van der Waals surface area contributed by atoms with E-state index in [-0.39, 0.29) is 25.0 Å². The summed E-state index contributed by atoms with van der Waals surface area (Å²) in [5.74, 6) is -3.08. The lowest BCUT2D eigenvalue weighted by molar-refractivity contribution is -0.137. The minimum absolute atomic E-state index is 0.0203. The van der Waals surface area contributed by atoms with Crippen LogP contribution in [0.25, 0.3) is 0 Å². The van der Waals surface area contributed by atoms with Crippen molar-refractivity contribution in [1.82, 2.24) is 10.6 Å². The van der Waals surface area contributed by atoms with E-state index < -0.39 is 43.6 Å². The first-order valence-electron chi connectivity index (χ1n) is 10.4. The van der Waals surface area contributed by atoms with Crippen LogP contribution >= 0.6 is 7.82 Å². The molecule has 13 heteroatoms. The number of nitrogens with one attached hydrogen (secondary N) is 3. The van der Waals surface area contributed by atoms with Gasteiger partial charge < -0.3 is 25.6 Å². The maximum atomic E-state index is 13.0. The van der Waals surface area contributed by atoms with E-state index in [0.29, 0.717) is 11.3 Å². The molecule has 0 aromatic heterocycles. The number of para-hydroxylation sites is 1. The van der Waals surface area contributed by atoms with Crippen molar-refractivity contribution >= 4 is 37.2 Å². The van der Waals surface area contributed by atoms with Crippen LogP contribution in [-0.4, -0.2) is 50.7 Å². The highest BCUT2D eigenvalue weighted by Crippen LogP contribution is 2.37. The molecule has 188 valence electrons. The normalized spacial score (nSPS) is 12.7. The number of carbonyl (C=O) groups is 4. The molecule has 0 unspecified atom stereocenters. The summed E-state index contributed by atoms with van der Waals surface area (Å²) in [5, 5.41) is 16.6. The second kappa shape index (κ2) is 12.7. The van der Waals surface area contributed by atoms with E-state index in [1.807, 2.05) is 0 Å². The molecule has 2 aromatic rings. The molecule has 6 N–H and O–H groups in total. The van der Waals surface area contributed by atoms with E-state index in [1.165, 1.54) is 31.2 Å². The van der Waals surface area contributed by atoms with Crippen molar-refractivity contribution in [2.45, 2.75) is 38.3 Å². The monoisotopic (exact) mass is 507 g/mol. The molecule has 0 saturated carbocycles. The van der Waals surface area contributed by atoms with E-state index in [0.717, 1.165) is 0 Å². The van der Waals surface area contributed by atoms with Gasteiger partial charge in [0.1, 0.15) is 17.8 Å². The van der Waals surface area contributed by atoms with Crippen LogP contribution in [0.3, 0.4) is 0 Å². The second-order valence-corrected chi connectivity index (χ2v) is 8.70. The van der Waals surface area contributed by atoms with Crippen LogP contribution in [0.5, 0.6) is 5.75 Å². The van der Waals surface area contributed by atoms with Gasteiger partial charge in [-0.05, 0) is 36.2 Å². The molecular weight excluding hydrogens is 481 g/mol. The van der Waals surface area contributed by atoms with Crippen LogP contribution in [-0.2, 0) is 30.2 Å². The Bertz CT molecular complexity index is 1090. The standard InChI is InChI=1S/C22H26N3O9P/c1-14(26)23-19(13-15-7-9-17(10-8-15)34-35(31,32)33)22(30)25-18(11-12-20(27)28)21(29)24-16-5-3-2-4-6-16/h2-10,18-19H,11-13H2,1H3,(H,23,26)(H,24,29)(H,25,30)(H,27,28)(H2,31,32,33)/t18-,19-/m0/s1. The number of hydrogen-bond acceptors (Lipinski definition) is 6. The zero-order valence-corrected chi connectivity index (χ0v) is 19.6. The van der Waals surface area contributed by atoms with Gasteiger partial charge in [-0.15, -0.1) is 0 Å². The van der Waals surface area contributed by atoms with Crippen LogP contribution in [0, 0.1) is 0 Å². The lowest BCUT2D eigenvalue weighted by atomic mass is 10.0. The Morgan fingerprint density at radius 2 is 1.54 bits per heavy atom. The molecule has 0 aliphatic carbocycles. The van der Waals surface area contributed by atoms with Crippen molar-refractivity contribution in [3.63, 3.8) is 0 Å². The lowest BCUT2D eigenvalue weighted by Gasteiger charge is -2.23. The number of phosphoric ester groups is 1. The summed E-state index contributed by atoms with van der Waals surface area (Å²) in [4.78, 5) is 66.2. The number of carboxylic acid groups (broad SMARTS) is 1. The number of rotatable bonds is 12. The van der Waals surface area contributed by atoms with Crippen LogP contribution in [0.1, 0.15) is 25.3 Å². The van der Waals surface area contributed by atoms with Crippen molar-refractivity contribution in [2.75, 3.05) is 5.32 Å². The van der Waals surface area contributed by atoms with E-state index in [1.54, 1.807) is 30.3 Å². The SMILES string of the molecule is CC(=O)N[C@@H](Cc1ccc(OP(=O)(O)O)cc1)C(=O)N[C@@H](CCC(=O)O)C(=O)Nc1ccccc1. The molecule has 0 fully saturated rings. The summed E-state index contributed by atoms with van der Waals surface area (Å²) in [7, 11) is -4.73. The van der Waals surface area contributed by atoms with E-state index in [4.69, 9.17) is 14.9 Å². The van der Waals surface area contributed by atoms with Crippen LogP contribution < -0.4 is 20.5 Å². The number of phosphoric acid groups is 1. The van der Waals surface area contributed by atoms with Crippen molar-refractivity contribution in [2.24, 2.45) is 0 Å². The summed E-state index contributed by atoms with van der Waals surface area (Å²) in [5.41, 5.74) is 0.982. The van der Waals surface area contributed by atoms with E-state index in [9.17, 15) is 23.7 Å². The second-order valence-electron chi connectivity index (χ2n) is 7.53. The zero-order chi connectivity index (χ0) is 26.0. The third-order valence-electron chi connectivity index (χ3n) is 4.60. The third-order valence-corrected chi connectivity index (χ3v) is 5.05. The average Bonchev–Trinajstić information content (AvgIpc) is 2.76. The van der Waals surface area contributed by atoms with Gasteiger partial charge in [-0.1, -0.05) is 30.3 Å². The molecule has 0 heterocycles. The first-order chi connectivity index (χ1) is 16.4. The predicted molar refractivity (Wildman–Crippen MR) is 124 cm³/mol. The molecule has 2 rings (SSSR count). The van der Waals surface area contributed by atoms with Gasteiger partial charge in [0.2, 0.25) is 17.7 Å². The molecule has 0 spiro atoms. The van der Waals surface area contributed by atoms with Crippen LogP contribution in [0.2, 0.25) is 0 Å². The molecule has 3 amide bonds. The summed E-state index contributed by atoms with van der Waals surface area (Å²) < 4.78 is 15.4. The fourth-order valence-electron chi connectivity index (χ4n) is 3.07. The molecule has 0 saturated heterocycles. The fraction of sp³-hybridized carbons (Fsp3) is 0.273. The maximum absolute atomic E-state index is 13.0. The van der Waals surface area contributed by atoms with Crippen LogP contribution in [0.15, 0.2) is 54.6 Å². The quantitative estimate of drug-likeness (QED) is 0.229. The summed E-state index contributed by atoms with van der Waals surface area (Å²) in [6.07, 6.45) is -0.576. The summed E-state index contributed by atoms with van der Waals surface area (Å²) in [6, 6.07) is 11.6. The number of carbonyl (C=O) groups excluding carboxylic acids is 3. The molecule has 2 atom stereocenters. The molecule has 35 heavy (non-hydrogen) atoms. The molecule has 2 aromatic carbocycles. The van der Waals surface area contributed by atoms with Crippen molar-refractivity contribution in [3.05, 3.63) is 60.2 Å². The van der Waals surface area contributed by atoms with Gasteiger partial charge >= 0.3 is 13.8 Å². The molecular formula is C22H26N3O9P. The first kappa shape index (κ1) is 27.5. The van der Waals surface area contributed by atoms with Crippen molar-refractivity contribution in [1.29, 1.82) is 0 Å². The Morgan fingerprint density at radius 3 is 2.09 bits per heavy atom. The highest BCUT2D eigenvalue weighted by Gasteiger charge is 2.27.